The summed E-state index contributed by atoms with van der Waals surface area (Å²) in [6.45, 7) is 6.71. The average Bonchev–Trinajstić information content (AvgIpc) is 3.00. The number of ether oxygens (including phenoxy) is 2. The maximum atomic E-state index is 5.73. The van der Waals surface area contributed by atoms with Crippen LogP contribution < -0.4 is 20.1 Å². The molecule has 0 unspecified atom stereocenters. The standard InChI is InChI=1S/C19H26N4O3.HI/c1-13(2)16-10-15(26-23-16)12-22-19(20-3)21-11-14-5-6-17-18(9-14)25-8-4-7-24-17;/h5-6,9-10,13H,4,7-8,11-12H2,1-3H3,(H2,20,21,22);1H. The highest BCUT2D eigenvalue weighted by Gasteiger charge is 2.11. The molecule has 0 saturated carbocycles. The second-order valence-electron chi connectivity index (χ2n) is 6.48. The smallest absolute Gasteiger partial charge is 0.191 e. The third-order valence-corrected chi connectivity index (χ3v) is 4.09. The van der Waals surface area contributed by atoms with Gasteiger partial charge in [0.1, 0.15) is 0 Å². The minimum Gasteiger partial charge on any atom is -0.490 e. The first-order valence-corrected chi connectivity index (χ1v) is 8.94. The van der Waals surface area contributed by atoms with Crippen LogP contribution in [0.15, 0.2) is 33.8 Å². The van der Waals surface area contributed by atoms with Crippen LogP contribution in [-0.2, 0) is 13.1 Å². The molecule has 148 valence electrons. The summed E-state index contributed by atoms with van der Waals surface area (Å²) in [7, 11) is 1.74. The van der Waals surface area contributed by atoms with Crippen molar-refractivity contribution >= 4 is 29.9 Å². The molecule has 0 fully saturated rings. The van der Waals surface area contributed by atoms with Gasteiger partial charge in [0, 0.05) is 26.1 Å². The van der Waals surface area contributed by atoms with Crippen LogP contribution in [0, 0.1) is 0 Å². The molecule has 2 aromatic rings. The van der Waals surface area contributed by atoms with Gasteiger partial charge in [0.15, 0.2) is 23.2 Å². The molecule has 1 aromatic heterocycles. The Morgan fingerprint density at radius 1 is 1.11 bits per heavy atom. The highest BCUT2D eigenvalue weighted by Crippen LogP contribution is 2.30. The quantitative estimate of drug-likeness (QED) is 0.383. The topological polar surface area (TPSA) is 80.9 Å². The number of aliphatic imine (C=N–C) groups is 1. The lowest BCUT2D eigenvalue weighted by Gasteiger charge is -2.12. The first-order valence-electron chi connectivity index (χ1n) is 8.94. The number of nitrogens with zero attached hydrogens (tertiary/aromatic N) is 2. The van der Waals surface area contributed by atoms with Crippen LogP contribution in [0.2, 0.25) is 0 Å². The minimum atomic E-state index is 0. The van der Waals surface area contributed by atoms with E-state index in [-0.39, 0.29) is 24.0 Å². The van der Waals surface area contributed by atoms with Crippen molar-refractivity contribution in [2.75, 3.05) is 20.3 Å². The normalized spacial score (nSPS) is 13.7. The molecular weight excluding hydrogens is 459 g/mol. The molecule has 0 radical (unpaired) electrons. The van der Waals surface area contributed by atoms with Crippen LogP contribution in [0.3, 0.4) is 0 Å². The van der Waals surface area contributed by atoms with Crippen molar-refractivity contribution < 1.29 is 14.0 Å². The van der Waals surface area contributed by atoms with Gasteiger partial charge in [-0.05, 0) is 23.6 Å². The highest BCUT2D eigenvalue weighted by molar-refractivity contribution is 14.0. The summed E-state index contributed by atoms with van der Waals surface area (Å²) < 4.78 is 16.7. The molecule has 0 saturated heterocycles. The molecule has 8 heteroatoms. The predicted octanol–water partition coefficient (Wildman–Crippen LogP) is 3.44. The number of halogens is 1. The van der Waals surface area contributed by atoms with E-state index in [2.05, 4.69) is 34.6 Å². The third-order valence-electron chi connectivity index (χ3n) is 4.09. The summed E-state index contributed by atoms with van der Waals surface area (Å²) in [6, 6.07) is 7.95. The Hall–Kier alpha value is -1.97. The van der Waals surface area contributed by atoms with Crippen LogP contribution in [-0.4, -0.2) is 31.4 Å². The van der Waals surface area contributed by atoms with E-state index in [1.807, 2.05) is 24.3 Å². The lowest BCUT2D eigenvalue weighted by molar-refractivity contribution is 0.297. The van der Waals surface area contributed by atoms with Crippen LogP contribution in [0.4, 0.5) is 0 Å². The lowest BCUT2D eigenvalue weighted by Crippen LogP contribution is -2.36. The van der Waals surface area contributed by atoms with E-state index in [1.165, 1.54) is 0 Å². The maximum absolute atomic E-state index is 5.73. The van der Waals surface area contributed by atoms with Crippen molar-refractivity contribution in [2.45, 2.75) is 39.3 Å². The van der Waals surface area contributed by atoms with Gasteiger partial charge < -0.3 is 24.6 Å². The molecule has 7 nitrogen and oxygen atoms in total. The van der Waals surface area contributed by atoms with Crippen molar-refractivity contribution in [1.29, 1.82) is 0 Å². The van der Waals surface area contributed by atoms with Gasteiger partial charge in [-0.3, -0.25) is 4.99 Å². The van der Waals surface area contributed by atoms with Crippen LogP contribution >= 0.6 is 24.0 Å². The highest BCUT2D eigenvalue weighted by atomic mass is 127. The number of guanidine groups is 1. The maximum Gasteiger partial charge on any atom is 0.191 e. The Kier molecular flexibility index (Phi) is 8.21. The van der Waals surface area contributed by atoms with E-state index in [0.717, 1.165) is 34.9 Å². The summed E-state index contributed by atoms with van der Waals surface area (Å²) in [5, 5.41) is 10.6. The predicted molar refractivity (Wildman–Crippen MR) is 115 cm³/mol. The molecular formula is C19H27IN4O3. The summed E-state index contributed by atoms with van der Waals surface area (Å²) in [5.74, 6) is 3.43. The second kappa shape index (κ2) is 10.4. The summed E-state index contributed by atoms with van der Waals surface area (Å²) in [6.07, 6.45) is 0.902. The van der Waals surface area contributed by atoms with Gasteiger partial charge in [-0.2, -0.15) is 0 Å². The van der Waals surface area contributed by atoms with E-state index in [0.29, 0.717) is 38.2 Å². The Morgan fingerprint density at radius 3 is 2.56 bits per heavy atom. The number of rotatable bonds is 5. The zero-order valence-corrected chi connectivity index (χ0v) is 18.3. The molecule has 1 aromatic carbocycles. The zero-order valence-electron chi connectivity index (χ0n) is 15.9. The number of hydrogen-bond donors (Lipinski definition) is 2. The Morgan fingerprint density at radius 2 is 1.85 bits per heavy atom. The van der Waals surface area contributed by atoms with Crippen molar-refractivity contribution in [3.8, 4) is 11.5 Å². The molecule has 0 spiro atoms. The lowest BCUT2D eigenvalue weighted by atomic mass is 10.1. The minimum absolute atomic E-state index is 0. The van der Waals surface area contributed by atoms with Gasteiger partial charge in [0.25, 0.3) is 0 Å². The van der Waals surface area contributed by atoms with Crippen LogP contribution in [0.1, 0.15) is 43.2 Å². The summed E-state index contributed by atoms with van der Waals surface area (Å²) in [4.78, 5) is 4.24. The van der Waals surface area contributed by atoms with Crippen molar-refractivity contribution in [2.24, 2.45) is 4.99 Å². The fourth-order valence-corrected chi connectivity index (χ4v) is 2.58. The van der Waals surface area contributed by atoms with Crippen molar-refractivity contribution in [3.05, 3.63) is 41.3 Å². The first kappa shape index (κ1) is 21.3. The number of nitrogens with one attached hydrogen (secondary N) is 2. The zero-order chi connectivity index (χ0) is 18.4. The molecule has 0 amide bonds. The molecule has 27 heavy (non-hydrogen) atoms. The molecule has 1 aliphatic heterocycles. The van der Waals surface area contributed by atoms with Gasteiger partial charge in [-0.15, -0.1) is 24.0 Å². The van der Waals surface area contributed by atoms with Gasteiger partial charge in [0.05, 0.1) is 25.5 Å². The van der Waals surface area contributed by atoms with Gasteiger partial charge in [-0.25, -0.2) is 0 Å². The summed E-state index contributed by atoms with van der Waals surface area (Å²) in [5.41, 5.74) is 2.05. The van der Waals surface area contributed by atoms with Crippen LogP contribution in [0.5, 0.6) is 11.5 Å². The molecule has 0 aliphatic carbocycles. The van der Waals surface area contributed by atoms with Gasteiger partial charge in [0.2, 0.25) is 0 Å². The van der Waals surface area contributed by atoms with E-state index in [1.54, 1.807) is 7.05 Å². The van der Waals surface area contributed by atoms with Gasteiger partial charge >= 0.3 is 0 Å². The molecule has 1 aliphatic rings. The van der Waals surface area contributed by atoms with E-state index < -0.39 is 0 Å². The Labute approximate surface area is 176 Å². The van der Waals surface area contributed by atoms with Gasteiger partial charge in [-0.1, -0.05) is 25.1 Å². The Bertz CT molecular complexity index is 761. The molecule has 2 N–H and O–H groups in total. The molecule has 2 heterocycles. The molecule has 0 bridgehead atoms. The van der Waals surface area contributed by atoms with Crippen LogP contribution in [0.25, 0.3) is 0 Å². The number of fused-ring (bicyclic) bond motifs is 1. The van der Waals surface area contributed by atoms with Crippen molar-refractivity contribution in [1.82, 2.24) is 15.8 Å². The Balaban J connectivity index is 0.00000261. The van der Waals surface area contributed by atoms with E-state index >= 15 is 0 Å². The number of aromatic nitrogens is 1. The second-order valence-corrected chi connectivity index (χ2v) is 6.48. The summed E-state index contributed by atoms with van der Waals surface area (Å²) >= 11 is 0. The van der Waals surface area contributed by atoms with Crippen molar-refractivity contribution in [3.63, 3.8) is 0 Å². The van der Waals surface area contributed by atoms with E-state index in [4.69, 9.17) is 14.0 Å². The number of hydrogen-bond acceptors (Lipinski definition) is 5. The largest absolute Gasteiger partial charge is 0.490 e. The third kappa shape index (κ3) is 6.02. The fraction of sp³-hybridized carbons (Fsp3) is 0.474. The SMILES string of the molecule is CN=C(NCc1ccc2c(c1)OCCCO2)NCc1cc(C(C)C)no1.I. The fourth-order valence-electron chi connectivity index (χ4n) is 2.58. The molecule has 3 rings (SSSR count). The first-order chi connectivity index (χ1) is 12.7. The monoisotopic (exact) mass is 486 g/mol. The molecule has 0 atom stereocenters. The average molecular weight is 486 g/mol. The van der Waals surface area contributed by atoms with E-state index in [9.17, 15) is 0 Å². The number of benzene rings is 1.